The zero-order chi connectivity index (χ0) is 19.1. The van der Waals surface area contributed by atoms with Crippen molar-refractivity contribution in [2.75, 3.05) is 26.1 Å². The summed E-state index contributed by atoms with van der Waals surface area (Å²) in [4.78, 5) is 25.1. The maximum atomic E-state index is 12.0. The number of nitrogens with zero attached hydrogens (tertiary/aromatic N) is 1. The first kappa shape index (κ1) is 24.0. The van der Waals surface area contributed by atoms with Gasteiger partial charge in [-0.2, -0.15) is 0 Å². The molecule has 0 aliphatic carbocycles. The highest BCUT2D eigenvalue weighted by molar-refractivity contribution is 6.18. The van der Waals surface area contributed by atoms with Crippen molar-refractivity contribution < 1.29 is 19.1 Å². The van der Waals surface area contributed by atoms with E-state index < -0.39 is 18.1 Å². The molecule has 0 aromatic rings. The van der Waals surface area contributed by atoms with Crippen LogP contribution in [0.15, 0.2) is 0 Å². The predicted molar refractivity (Wildman–Crippen MR) is 102 cm³/mol. The Morgan fingerprint density at radius 2 is 1.52 bits per heavy atom. The number of hydrogen-bond donors (Lipinski definition) is 0. The Morgan fingerprint density at radius 3 is 2.08 bits per heavy atom. The third kappa shape index (κ3) is 12.1. The highest BCUT2D eigenvalue weighted by Gasteiger charge is 2.25. The normalized spacial score (nSPS) is 13.2. The second kappa shape index (κ2) is 15.3. The fourth-order valence-corrected chi connectivity index (χ4v) is 2.29. The molecule has 2 atom stereocenters. The number of amides is 1. The van der Waals surface area contributed by atoms with Crippen LogP contribution in [0.3, 0.4) is 0 Å². The molecule has 1 amide bonds. The summed E-state index contributed by atoms with van der Waals surface area (Å²) in [6.07, 6.45) is 9.03. The van der Waals surface area contributed by atoms with Crippen molar-refractivity contribution in [1.29, 1.82) is 0 Å². The van der Waals surface area contributed by atoms with E-state index in [0.29, 0.717) is 12.5 Å². The van der Waals surface area contributed by atoms with Crippen LogP contribution in [-0.4, -0.2) is 49.1 Å². The van der Waals surface area contributed by atoms with Gasteiger partial charge in [0.15, 0.2) is 0 Å². The smallest absolute Gasteiger partial charge is 0.410 e. The molecule has 6 heteroatoms. The Hall–Kier alpha value is -0.970. The quantitative estimate of drug-likeness (QED) is 0.243. The molecule has 0 aliphatic heterocycles. The lowest BCUT2D eigenvalue weighted by molar-refractivity contribution is -0.148. The van der Waals surface area contributed by atoms with Crippen molar-refractivity contribution in [3.8, 4) is 0 Å². The average molecular weight is 378 g/mol. The van der Waals surface area contributed by atoms with Gasteiger partial charge in [0.05, 0.1) is 13.2 Å². The van der Waals surface area contributed by atoms with Gasteiger partial charge in [-0.05, 0) is 13.3 Å². The first-order valence-electron chi connectivity index (χ1n) is 9.56. The van der Waals surface area contributed by atoms with Gasteiger partial charge >= 0.3 is 12.1 Å². The van der Waals surface area contributed by atoms with Gasteiger partial charge in [-0.15, -0.1) is 11.6 Å². The zero-order valence-electron chi connectivity index (χ0n) is 16.4. The van der Waals surface area contributed by atoms with Crippen molar-refractivity contribution >= 4 is 23.7 Å². The van der Waals surface area contributed by atoms with E-state index >= 15 is 0 Å². The van der Waals surface area contributed by atoms with Crippen LogP contribution in [0.2, 0.25) is 0 Å². The molecule has 0 radical (unpaired) electrons. The number of carbonyl (C=O) groups is 2. The molecule has 0 fully saturated rings. The fourth-order valence-electron chi connectivity index (χ4n) is 2.21. The van der Waals surface area contributed by atoms with Gasteiger partial charge in [0.2, 0.25) is 0 Å². The number of hydrogen-bond acceptors (Lipinski definition) is 4. The van der Waals surface area contributed by atoms with Gasteiger partial charge in [-0.3, -0.25) is 4.90 Å². The molecule has 0 saturated carbocycles. The number of halogens is 1. The summed E-state index contributed by atoms with van der Waals surface area (Å²) in [7, 11) is 1.54. The molecule has 5 nitrogen and oxygen atoms in total. The molecule has 0 heterocycles. The highest BCUT2D eigenvalue weighted by Crippen LogP contribution is 2.09. The Labute approximate surface area is 158 Å². The molecule has 0 spiro atoms. The summed E-state index contributed by atoms with van der Waals surface area (Å²) in [6.45, 7) is 6.40. The highest BCUT2D eigenvalue weighted by atomic mass is 35.5. The van der Waals surface area contributed by atoms with Gasteiger partial charge < -0.3 is 9.47 Å². The zero-order valence-corrected chi connectivity index (χ0v) is 17.1. The largest absolute Gasteiger partial charge is 0.464 e. The number of carbonyl (C=O) groups excluding carboxylic acids is 2. The van der Waals surface area contributed by atoms with Gasteiger partial charge in [0, 0.05) is 18.8 Å². The van der Waals surface area contributed by atoms with Gasteiger partial charge in [-0.25, -0.2) is 9.59 Å². The Bertz CT molecular complexity index is 365. The first-order chi connectivity index (χ1) is 11.9. The van der Waals surface area contributed by atoms with Crippen molar-refractivity contribution in [3.05, 3.63) is 0 Å². The third-order valence-electron chi connectivity index (χ3n) is 4.21. The number of ether oxygens (including phenoxy) is 2. The van der Waals surface area contributed by atoms with E-state index in [4.69, 9.17) is 21.1 Å². The maximum Gasteiger partial charge on any atom is 0.410 e. The molecule has 0 bridgehead atoms. The number of esters is 1. The molecular weight excluding hydrogens is 342 g/mol. The summed E-state index contributed by atoms with van der Waals surface area (Å²) in [5.41, 5.74) is 0. The molecule has 0 saturated heterocycles. The lowest BCUT2D eigenvalue weighted by atomic mass is 10.1. The second-order valence-electron chi connectivity index (χ2n) is 6.77. The standard InChI is InChI=1S/C19H36ClNO4/c1-5-6-7-8-9-10-11-12-13-24-18(22)17(3)21(4)19(23)25-15-16(2)14-20/h16-17H,5-15H2,1-4H3. The minimum atomic E-state index is -0.659. The minimum absolute atomic E-state index is 0.0863. The fraction of sp³-hybridized carbons (Fsp3) is 0.895. The average Bonchev–Trinajstić information content (AvgIpc) is 2.62. The van der Waals surface area contributed by atoms with Crippen LogP contribution in [0.4, 0.5) is 4.79 Å². The summed E-state index contributed by atoms with van der Waals surface area (Å²) >= 11 is 5.67. The van der Waals surface area contributed by atoms with Crippen LogP contribution in [0, 0.1) is 5.92 Å². The van der Waals surface area contributed by atoms with Crippen LogP contribution >= 0.6 is 11.6 Å². The lowest BCUT2D eigenvalue weighted by Crippen LogP contribution is -2.42. The summed E-state index contributed by atoms with van der Waals surface area (Å²) in [5, 5.41) is 0. The second-order valence-corrected chi connectivity index (χ2v) is 7.07. The monoisotopic (exact) mass is 377 g/mol. The van der Waals surface area contributed by atoms with Crippen LogP contribution in [0.1, 0.15) is 72.1 Å². The van der Waals surface area contributed by atoms with Crippen molar-refractivity contribution in [2.45, 2.75) is 78.2 Å². The Balaban J connectivity index is 3.81. The molecule has 25 heavy (non-hydrogen) atoms. The molecule has 148 valence electrons. The molecule has 0 aromatic heterocycles. The number of likely N-dealkylation sites (N-methyl/N-ethyl adjacent to an activating group) is 1. The summed E-state index contributed by atoms with van der Waals surface area (Å²) < 4.78 is 10.4. The first-order valence-corrected chi connectivity index (χ1v) is 10.1. The van der Waals surface area contributed by atoms with E-state index in [1.54, 1.807) is 6.92 Å². The lowest BCUT2D eigenvalue weighted by Gasteiger charge is -2.23. The summed E-state index contributed by atoms with van der Waals surface area (Å²) in [6, 6.07) is -0.659. The predicted octanol–water partition coefficient (Wildman–Crippen LogP) is 5.00. The number of rotatable bonds is 14. The third-order valence-corrected chi connectivity index (χ3v) is 4.73. The SMILES string of the molecule is CCCCCCCCCCOC(=O)C(C)N(C)C(=O)OCC(C)CCl. The minimum Gasteiger partial charge on any atom is -0.464 e. The molecule has 0 aliphatic rings. The van der Waals surface area contributed by atoms with E-state index in [-0.39, 0.29) is 12.5 Å². The van der Waals surface area contributed by atoms with Crippen LogP contribution in [0.5, 0.6) is 0 Å². The Kier molecular flexibility index (Phi) is 14.7. The van der Waals surface area contributed by atoms with Crippen molar-refractivity contribution in [1.82, 2.24) is 4.90 Å². The van der Waals surface area contributed by atoms with E-state index in [0.717, 1.165) is 12.8 Å². The molecule has 2 unspecified atom stereocenters. The van der Waals surface area contributed by atoms with Crippen LogP contribution < -0.4 is 0 Å². The molecule has 0 N–H and O–H groups in total. The maximum absolute atomic E-state index is 12.0. The van der Waals surface area contributed by atoms with Crippen LogP contribution in [-0.2, 0) is 14.3 Å². The van der Waals surface area contributed by atoms with Crippen molar-refractivity contribution in [3.63, 3.8) is 0 Å². The number of alkyl halides is 1. The summed E-state index contributed by atoms with van der Waals surface area (Å²) in [5.74, 6) is 0.115. The van der Waals surface area contributed by atoms with E-state index in [1.165, 1.54) is 50.5 Å². The Morgan fingerprint density at radius 1 is 0.960 bits per heavy atom. The molecule has 0 aromatic carbocycles. The van der Waals surface area contributed by atoms with E-state index in [1.807, 2.05) is 6.92 Å². The van der Waals surface area contributed by atoms with E-state index in [2.05, 4.69) is 6.92 Å². The number of unbranched alkanes of at least 4 members (excludes halogenated alkanes) is 7. The van der Waals surface area contributed by atoms with Gasteiger partial charge in [-0.1, -0.05) is 58.8 Å². The van der Waals surface area contributed by atoms with Crippen LogP contribution in [0.25, 0.3) is 0 Å². The molecule has 0 rings (SSSR count). The van der Waals surface area contributed by atoms with Crippen molar-refractivity contribution in [2.24, 2.45) is 5.92 Å². The molecular formula is C19H36ClNO4. The topological polar surface area (TPSA) is 55.8 Å². The van der Waals surface area contributed by atoms with Gasteiger partial charge in [0.1, 0.15) is 6.04 Å². The van der Waals surface area contributed by atoms with E-state index in [9.17, 15) is 9.59 Å². The van der Waals surface area contributed by atoms with Gasteiger partial charge in [0.25, 0.3) is 0 Å².